The van der Waals surface area contributed by atoms with Crippen molar-refractivity contribution in [1.82, 2.24) is 0 Å². The summed E-state index contributed by atoms with van der Waals surface area (Å²) in [6.45, 7) is 3.76. The lowest BCUT2D eigenvalue weighted by Gasteiger charge is -2.16. The van der Waals surface area contributed by atoms with E-state index in [1.54, 1.807) is 7.11 Å². The van der Waals surface area contributed by atoms with Crippen molar-refractivity contribution < 1.29 is 19.3 Å². The first kappa shape index (κ1) is 31.2. The van der Waals surface area contributed by atoms with Gasteiger partial charge in [-0.25, -0.2) is 0 Å². The standard InChI is InChI=1S/C29H51ClO4/c1-3-4-5-6-7-8-9-10-11-12-13-14-15-16-17-18-21-33-25-27(23-31)34-24-26-19-20-29(32-2)28(30)22-26/h19-20,22,27,31H,3-18,21,23-25H2,1-2H3/t27-/m0/s1. The molecule has 0 saturated heterocycles. The molecule has 198 valence electrons. The summed E-state index contributed by atoms with van der Waals surface area (Å²) in [5.41, 5.74) is 0.946. The topological polar surface area (TPSA) is 47.9 Å². The summed E-state index contributed by atoms with van der Waals surface area (Å²) < 4.78 is 16.6. The van der Waals surface area contributed by atoms with E-state index < -0.39 is 0 Å². The Morgan fingerprint density at radius 3 is 1.79 bits per heavy atom. The smallest absolute Gasteiger partial charge is 0.137 e. The number of rotatable bonds is 24. The highest BCUT2D eigenvalue weighted by Gasteiger charge is 2.09. The van der Waals surface area contributed by atoms with Crippen molar-refractivity contribution >= 4 is 11.6 Å². The van der Waals surface area contributed by atoms with E-state index in [2.05, 4.69) is 6.92 Å². The molecular formula is C29H51ClO4. The van der Waals surface area contributed by atoms with Crippen LogP contribution < -0.4 is 4.74 Å². The average Bonchev–Trinajstić information content (AvgIpc) is 2.85. The van der Waals surface area contributed by atoms with Crippen LogP contribution in [-0.4, -0.2) is 38.1 Å². The van der Waals surface area contributed by atoms with E-state index in [0.717, 1.165) is 18.6 Å². The van der Waals surface area contributed by atoms with Crippen LogP contribution in [0.5, 0.6) is 5.75 Å². The normalized spacial score (nSPS) is 12.2. The molecule has 0 aliphatic carbocycles. The predicted molar refractivity (Wildman–Crippen MR) is 144 cm³/mol. The molecule has 0 aromatic heterocycles. The number of methoxy groups -OCH3 is 1. The summed E-state index contributed by atoms with van der Waals surface area (Å²) in [5.74, 6) is 0.645. The Labute approximate surface area is 214 Å². The molecule has 1 atom stereocenters. The van der Waals surface area contributed by atoms with E-state index in [9.17, 15) is 5.11 Å². The second-order valence-electron chi connectivity index (χ2n) is 9.46. The van der Waals surface area contributed by atoms with Crippen LogP contribution in [0.15, 0.2) is 18.2 Å². The molecule has 0 heterocycles. The highest BCUT2D eigenvalue weighted by Crippen LogP contribution is 2.25. The maximum Gasteiger partial charge on any atom is 0.137 e. The minimum Gasteiger partial charge on any atom is -0.495 e. The third-order valence-electron chi connectivity index (χ3n) is 6.35. The maximum absolute atomic E-state index is 9.53. The molecule has 0 aliphatic rings. The number of unbranched alkanes of at least 4 members (excludes halogenated alkanes) is 15. The Bertz CT molecular complexity index is 581. The third-order valence-corrected chi connectivity index (χ3v) is 6.65. The Kier molecular flexibility index (Phi) is 20.8. The maximum atomic E-state index is 9.53. The zero-order valence-electron chi connectivity index (χ0n) is 22.0. The van der Waals surface area contributed by atoms with E-state index in [4.69, 9.17) is 25.8 Å². The fourth-order valence-electron chi connectivity index (χ4n) is 4.13. The first-order valence-electron chi connectivity index (χ1n) is 13.8. The number of aliphatic hydroxyl groups excluding tert-OH is 1. The van der Waals surface area contributed by atoms with Crippen molar-refractivity contribution in [3.63, 3.8) is 0 Å². The van der Waals surface area contributed by atoms with Crippen molar-refractivity contribution in [1.29, 1.82) is 0 Å². The Balaban J connectivity index is 1.87. The zero-order valence-corrected chi connectivity index (χ0v) is 22.8. The first-order valence-corrected chi connectivity index (χ1v) is 14.2. The van der Waals surface area contributed by atoms with E-state index >= 15 is 0 Å². The van der Waals surface area contributed by atoms with E-state index in [1.807, 2.05) is 18.2 Å². The van der Waals surface area contributed by atoms with Gasteiger partial charge in [-0.1, -0.05) is 121 Å². The molecule has 0 fully saturated rings. The monoisotopic (exact) mass is 498 g/mol. The van der Waals surface area contributed by atoms with Crippen molar-refractivity contribution in [3.8, 4) is 5.75 Å². The SMILES string of the molecule is CCCCCCCCCCCCCCCCCCOC[C@H](CO)OCc1ccc(OC)c(Cl)c1. The van der Waals surface area contributed by atoms with Crippen LogP contribution in [0.2, 0.25) is 5.02 Å². The van der Waals surface area contributed by atoms with Crippen LogP contribution in [0.3, 0.4) is 0 Å². The summed E-state index contributed by atoms with van der Waals surface area (Å²) in [6, 6.07) is 5.56. The molecule has 0 radical (unpaired) electrons. The van der Waals surface area contributed by atoms with Gasteiger partial charge in [-0.05, 0) is 24.1 Å². The fraction of sp³-hybridized carbons (Fsp3) is 0.793. The molecule has 0 spiro atoms. The predicted octanol–water partition coefficient (Wildman–Crippen LogP) is 8.50. The second-order valence-corrected chi connectivity index (χ2v) is 9.87. The quantitative estimate of drug-likeness (QED) is 0.145. The van der Waals surface area contributed by atoms with Crippen LogP contribution in [0.4, 0.5) is 0 Å². The van der Waals surface area contributed by atoms with E-state index in [1.165, 1.54) is 96.3 Å². The highest BCUT2D eigenvalue weighted by atomic mass is 35.5. The average molecular weight is 499 g/mol. The van der Waals surface area contributed by atoms with Gasteiger partial charge in [0.25, 0.3) is 0 Å². The summed E-state index contributed by atoms with van der Waals surface area (Å²) in [4.78, 5) is 0. The molecule has 5 heteroatoms. The van der Waals surface area contributed by atoms with Gasteiger partial charge in [-0.2, -0.15) is 0 Å². The highest BCUT2D eigenvalue weighted by molar-refractivity contribution is 6.32. The molecule has 0 bridgehead atoms. The summed E-state index contributed by atoms with van der Waals surface area (Å²) in [6.07, 6.45) is 21.6. The fourth-order valence-corrected chi connectivity index (χ4v) is 4.41. The Morgan fingerprint density at radius 1 is 0.794 bits per heavy atom. The lowest BCUT2D eigenvalue weighted by molar-refractivity contribution is -0.0502. The number of hydrogen-bond acceptors (Lipinski definition) is 4. The van der Waals surface area contributed by atoms with Crippen molar-refractivity contribution in [2.45, 2.75) is 122 Å². The van der Waals surface area contributed by atoms with E-state index in [0.29, 0.717) is 24.0 Å². The van der Waals surface area contributed by atoms with Gasteiger partial charge in [0.1, 0.15) is 11.9 Å². The number of aliphatic hydroxyl groups is 1. The van der Waals surface area contributed by atoms with Gasteiger partial charge >= 0.3 is 0 Å². The summed E-state index contributed by atoms with van der Waals surface area (Å²) >= 11 is 6.14. The van der Waals surface area contributed by atoms with Gasteiger partial charge < -0.3 is 19.3 Å². The minimum absolute atomic E-state index is 0.0527. The molecule has 4 nitrogen and oxygen atoms in total. The molecule has 34 heavy (non-hydrogen) atoms. The molecule has 1 N–H and O–H groups in total. The Hall–Kier alpha value is -0.810. The van der Waals surface area contributed by atoms with Gasteiger partial charge in [0.2, 0.25) is 0 Å². The molecule has 1 aromatic carbocycles. The minimum atomic E-state index is -0.318. The number of hydrogen-bond donors (Lipinski definition) is 1. The molecule has 1 aromatic rings. The molecule has 0 aliphatic heterocycles. The van der Waals surface area contributed by atoms with Crippen LogP contribution in [0.1, 0.15) is 115 Å². The summed E-state index contributed by atoms with van der Waals surface area (Å²) in [5, 5.41) is 10.1. The second kappa shape index (κ2) is 22.6. The van der Waals surface area contributed by atoms with Gasteiger partial charge in [-0.15, -0.1) is 0 Å². The number of benzene rings is 1. The first-order chi connectivity index (χ1) is 16.7. The van der Waals surface area contributed by atoms with Crippen LogP contribution >= 0.6 is 11.6 Å². The van der Waals surface area contributed by atoms with Gasteiger partial charge in [0.15, 0.2) is 0 Å². The van der Waals surface area contributed by atoms with E-state index in [-0.39, 0.29) is 12.7 Å². The van der Waals surface area contributed by atoms with Crippen molar-refractivity contribution in [2.24, 2.45) is 0 Å². The third kappa shape index (κ3) is 16.8. The number of ether oxygens (including phenoxy) is 3. The van der Waals surface area contributed by atoms with Crippen molar-refractivity contribution in [2.75, 3.05) is 26.9 Å². The zero-order chi connectivity index (χ0) is 24.7. The molecule has 0 amide bonds. The largest absolute Gasteiger partial charge is 0.495 e. The molecule has 0 saturated carbocycles. The Morgan fingerprint density at radius 2 is 1.32 bits per heavy atom. The molecule has 1 rings (SSSR count). The van der Waals surface area contributed by atoms with Crippen molar-refractivity contribution in [3.05, 3.63) is 28.8 Å². The van der Waals surface area contributed by atoms with Crippen LogP contribution in [-0.2, 0) is 16.1 Å². The number of halogens is 1. The van der Waals surface area contributed by atoms with Gasteiger partial charge in [-0.3, -0.25) is 0 Å². The van der Waals surface area contributed by atoms with Crippen LogP contribution in [0, 0.1) is 0 Å². The summed E-state index contributed by atoms with van der Waals surface area (Å²) in [7, 11) is 1.59. The molecular weight excluding hydrogens is 448 g/mol. The lowest BCUT2D eigenvalue weighted by atomic mass is 10.0. The van der Waals surface area contributed by atoms with Gasteiger partial charge in [0, 0.05) is 6.61 Å². The lowest BCUT2D eigenvalue weighted by Crippen LogP contribution is -2.24. The van der Waals surface area contributed by atoms with Gasteiger partial charge in [0.05, 0.1) is 32.0 Å². The van der Waals surface area contributed by atoms with Crippen LogP contribution in [0.25, 0.3) is 0 Å². The molecule has 0 unspecified atom stereocenters.